The fraction of sp³-hybridized carbons (Fsp3) is 0.130. The highest BCUT2D eigenvalue weighted by Gasteiger charge is 2.40. The second kappa shape index (κ2) is 8.66. The molecule has 0 amide bonds. The van der Waals surface area contributed by atoms with Gasteiger partial charge in [-0.25, -0.2) is 4.99 Å². The van der Waals surface area contributed by atoms with Gasteiger partial charge in [0.15, 0.2) is 17.0 Å². The van der Waals surface area contributed by atoms with E-state index < -0.39 is 5.54 Å². The van der Waals surface area contributed by atoms with Crippen LogP contribution in [-0.2, 0) is 15.1 Å². The number of nitrogens with two attached hydrogens (primary N) is 1. The van der Waals surface area contributed by atoms with Crippen LogP contribution in [0.2, 0.25) is 0 Å². The van der Waals surface area contributed by atoms with Crippen molar-refractivity contribution in [3.8, 4) is 11.5 Å². The summed E-state index contributed by atoms with van der Waals surface area (Å²) in [7, 11) is 0. The highest BCUT2D eigenvalue weighted by Crippen LogP contribution is 2.39. The van der Waals surface area contributed by atoms with Crippen LogP contribution in [-0.4, -0.2) is 31.0 Å². The lowest BCUT2D eigenvalue weighted by Crippen LogP contribution is -2.27. The Morgan fingerprint density at radius 3 is 2.35 bits per heavy atom. The lowest BCUT2D eigenvalue weighted by atomic mass is 9.84. The number of fused-ring (bicyclic) bond motifs is 1. The molecule has 158 valence electrons. The molecular formula is C23H21N3O5. The van der Waals surface area contributed by atoms with E-state index in [0.29, 0.717) is 6.61 Å². The minimum atomic E-state index is -0.655. The predicted molar refractivity (Wildman–Crippen MR) is 116 cm³/mol. The van der Waals surface area contributed by atoms with Gasteiger partial charge in [-0.2, -0.15) is 0 Å². The van der Waals surface area contributed by atoms with Crippen molar-refractivity contribution in [3.05, 3.63) is 83.9 Å². The molecule has 2 aliphatic rings. The van der Waals surface area contributed by atoms with Gasteiger partial charge in [0.05, 0.1) is 0 Å². The zero-order chi connectivity index (χ0) is 21.7. The maximum atomic E-state index is 8.36. The molecule has 0 bridgehead atoms. The molecule has 4 N–H and O–H groups in total. The average Bonchev–Trinajstić information content (AvgIpc) is 3.42. The fourth-order valence-corrected chi connectivity index (χ4v) is 3.60. The molecule has 5 rings (SSSR count). The van der Waals surface area contributed by atoms with Gasteiger partial charge in [0.25, 0.3) is 12.5 Å². The second-order valence-electron chi connectivity index (χ2n) is 6.84. The first-order valence-corrected chi connectivity index (χ1v) is 9.53. The molecule has 2 heterocycles. The Morgan fingerprint density at radius 2 is 1.61 bits per heavy atom. The fourth-order valence-electron chi connectivity index (χ4n) is 3.60. The lowest BCUT2D eigenvalue weighted by molar-refractivity contribution is -0.122. The standard InChI is InChI=1S/C22H19N3O3.CH2O2/c23-21-25-22(13-26-21,15-5-2-1-3-6-15)16-7-4-8-17(11-16)24-18-9-10-19-20(12-18)28-14-27-19;2-1-3/h1-12,24H,13-14H2,(H2,23,25);1H,(H,2,3). The Balaban J connectivity index is 0.000000730. The number of nitrogens with one attached hydrogen (secondary N) is 1. The molecule has 3 aromatic carbocycles. The molecule has 0 aliphatic carbocycles. The number of ether oxygens (including phenoxy) is 3. The van der Waals surface area contributed by atoms with Crippen LogP contribution in [0.5, 0.6) is 11.5 Å². The summed E-state index contributed by atoms with van der Waals surface area (Å²) in [6, 6.07) is 24.2. The Bertz CT molecular complexity index is 1100. The van der Waals surface area contributed by atoms with E-state index in [1.807, 2.05) is 66.7 Å². The quantitative estimate of drug-likeness (QED) is 0.555. The summed E-state index contributed by atoms with van der Waals surface area (Å²) in [6.45, 7) is 0.379. The van der Waals surface area contributed by atoms with Gasteiger partial charge in [-0.15, -0.1) is 0 Å². The Hall–Kier alpha value is -4.20. The number of nitrogens with zero attached hydrogens (tertiary/aromatic N) is 1. The van der Waals surface area contributed by atoms with Crippen LogP contribution in [0.3, 0.4) is 0 Å². The van der Waals surface area contributed by atoms with Crippen molar-refractivity contribution in [1.29, 1.82) is 0 Å². The third kappa shape index (κ3) is 4.09. The highest BCUT2D eigenvalue weighted by molar-refractivity contribution is 5.75. The molecule has 0 saturated carbocycles. The number of benzene rings is 3. The van der Waals surface area contributed by atoms with Gasteiger partial charge in [0.2, 0.25) is 6.79 Å². The average molecular weight is 419 g/mol. The molecular weight excluding hydrogens is 398 g/mol. The monoisotopic (exact) mass is 419 g/mol. The maximum absolute atomic E-state index is 8.36. The number of aliphatic imine (C=N–C) groups is 1. The molecule has 0 spiro atoms. The highest BCUT2D eigenvalue weighted by atomic mass is 16.7. The molecule has 0 aromatic heterocycles. The van der Waals surface area contributed by atoms with E-state index in [4.69, 9.17) is 29.8 Å². The number of amidine groups is 1. The number of hydrogen-bond donors (Lipinski definition) is 3. The summed E-state index contributed by atoms with van der Waals surface area (Å²) >= 11 is 0. The molecule has 31 heavy (non-hydrogen) atoms. The molecule has 3 aromatic rings. The van der Waals surface area contributed by atoms with Gasteiger partial charge < -0.3 is 30.4 Å². The summed E-state index contributed by atoms with van der Waals surface area (Å²) < 4.78 is 16.4. The van der Waals surface area contributed by atoms with Gasteiger partial charge in [0, 0.05) is 17.4 Å². The topological polar surface area (TPSA) is 115 Å². The second-order valence-corrected chi connectivity index (χ2v) is 6.84. The van der Waals surface area contributed by atoms with Crippen LogP contribution >= 0.6 is 0 Å². The Morgan fingerprint density at radius 1 is 0.903 bits per heavy atom. The molecule has 1 atom stereocenters. The van der Waals surface area contributed by atoms with E-state index in [9.17, 15) is 0 Å². The van der Waals surface area contributed by atoms with Gasteiger partial charge >= 0.3 is 0 Å². The maximum Gasteiger partial charge on any atom is 0.290 e. The van der Waals surface area contributed by atoms with Crippen LogP contribution in [0, 0.1) is 0 Å². The first-order chi connectivity index (χ1) is 15.1. The van der Waals surface area contributed by atoms with E-state index in [-0.39, 0.29) is 19.3 Å². The van der Waals surface area contributed by atoms with E-state index in [2.05, 4.69) is 16.4 Å². The lowest BCUT2D eigenvalue weighted by Gasteiger charge is -2.25. The zero-order valence-corrected chi connectivity index (χ0v) is 16.5. The van der Waals surface area contributed by atoms with Crippen molar-refractivity contribution in [2.24, 2.45) is 10.7 Å². The molecule has 0 fully saturated rings. The molecule has 1 unspecified atom stereocenters. The normalized spacial score (nSPS) is 18.3. The summed E-state index contributed by atoms with van der Waals surface area (Å²) in [5, 5.41) is 10.3. The van der Waals surface area contributed by atoms with E-state index >= 15 is 0 Å². The number of carbonyl (C=O) groups is 1. The summed E-state index contributed by atoms with van der Waals surface area (Å²) in [5.41, 5.74) is 9.13. The van der Waals surface area contributed by atoms with Crippen molar-refractivity contribution in [1.82, 2.24) is 0 Å². The number of anilines is 2. The SMILES string of the molecule is NC1=NC(c2ccccc2)(c2cccc(Nc3ccc4c(c3)OCO4)c2)CO1.O=CO. The van der Waals surface area contributed by atoms with Crippen molar-refractivity contribution >= 4 is 23.9 Å². The van der Waals surface area contributed by atoms with Crippen LogP contribution < -0.4 is 20.5 Å². The predicted octanol–water partition coefficient (Wildman–Crippen LogP) is 3.45. The molecule has 0 saturated heterocycles. The van der Waals surface area contributed by atoms with E-state index in [0.717, 1.165) is 34.0 Å². The van der Waals surface area contributed by atoms with Crippen LogP contribution in [0.15, 0.2) is 77.8 Å². The van der Waals surface area contributed by atoms with Crippen molar-refractivity contribution in [2.75, 3.05) is 18.7 Å². The van der Waals surface area contributed by atoms with Gasteiger partial charge in [-0.3, -0.25) is 4.79 Å². The first kappa shape index (κ1) is 20.1. The first-order valence-electron chi connectivity index (χ1n) is 9.53. The molecule has 2 aliphatic heterocycles. The smallest absolute Gasteiger partial charge is 0.290 e. The Kier molecular flexibility index (Phi) is 5.61. The molecule has 8 nitrogen and oxygen atoms in total. The molecule has 0 radical (unpaired) electrons. The summed E-state index contributed by atoms with van der Waals surface area (Å²) in [4.78, 5) is 13.0. The third-order valence-electron chi connectivity index (χ3n) is 4.98. The Labute approximate surface area is 178 Å². The van der Waals surface area contributed by atoms with Gasteiger partial charge in [-0.1, -0.05) is 42.5 Å². The van der Waals surface area contributed by atoms with Crippen molar-refractivity contribution in [2.45, 2.75) is 5.54 Å². The van der Waals surface area contributed by atoms with Crippen LogP contribution in [0.25, 0.3) is 0 Å². The minimum Gasteiger partial charge on any atom is -0.483 e. The zero-order valence-electron chi connectivity index (χ0n) is 16.5. The number of hydrogen-bond acceptors (Lipinski definition) is 7. The van der Waals surface area contributed by atoms with E-state index in [1.54, 1.807) is 0 Å². The summed E-state index contributed by atoms with van der Waals surface area (Å²) in [5.74, 6) is 1.50. The van der Waals surface area contributed by atoms with E-state index in [1.165, 1.54) is 0 Å². The van der Waals surface area contributed by atoms with Gasteiger partial charge in [-0.05, 0) is 35.4 Å². The third-order valence-corrected chi connectivity index (χ3v) is 4.98. The van der Waals surface area contributed by atoms with Gasteiger partial charge in [0.1, 0.15) is 6.61 Å². The van der Waals surface area contributed by atoms with Crippen molar-refractivity contribution < 1.29 is 24.1 Å². The van der Waals surface area contributed by atoms with Crippen molar-refractivity contribution in [3.63, 3.8) is 0 Å². The van der Waals surface area contributed by atoms with Crippen LogP contribution in [0.1, 0.15) is 11.1 Å². The largest absolute Gasteiger partial charge is 0.483 e. The summed E-state index contributed by atoms with van der Waals surface area (Å²) in [6.07, 6.45) is 0. The number of rotatable bonds is 4. The minimum absolute atomic E-state index is 0.206. The number of carboxylic acid groups (broad SMARTS) is 1. The molecule has 8 heteroatoms. The van der Waals surface area contributed by atoms with Crippen LogP contribution in [0.4, 0.5) is 11.4 Å².